The van der Waals surface area contributed by atoms with Gasteiger partial charge in [0.2, 0.25) is 0 Å². The number of anilines is 1. The van der Waals surface area contributed by atoms with Crippen molar-refractivity contribution in [1.29, 1.82) is 0 Å². The largest absolute Gasteiger partial charge is 0.335 e. The standard InChI is InChI=1S/C14H18ClFN2O/c15-10-7-8-13(12(16)9-10)18-14(19)17-11-5-3-1-2-4-6-11/h7-9,11H,1-6H2,(H2,17,18,19). The first-order valence-corrected chi connectivity index (χ1v) is 7.05. The van der Waals surface area contributed by atoms with Crippen LogP contribution in [0.3, 0.4) is 0 Å². The molecule has 1 saturated carbocycles. The van der Waals surface area contributed by atoms with Crippen molar-refractivity contribution in [3.05, 3.63) is 29.0 Å². The van der Waals surface area contributed by atoms with E-state index in [1.54, 1.807) is 6.07 Å². The molecule has 0 saturated heterocycles. The van der Waals surface area contributed by atoms with Gasteiger partial charge in [0, 0.05) is 11.1 Å². The molecule has 0 radical (unpaired) electrons. The summed E-state index contributed by atoms with van der Waals surface area (Å²) in [5.74, 6) is -0.525. The molecule has 0 bridgehead atoms. The van der Waals surface area contributed by atoms with Crippen LogP contribution in [0.15, 0.2) is 18.2 Å². The van der Waals surface area contributed by atoms with E-state index in [1.807, 2.05) is 0 Å². The van der Waals surface area contributed by atoms with Gasteiger partial charge in [-0.1, -0.05) is 37.3 Å². The molecule has 1 aromatic carbocycles. The molecule has 5 heteroatoms. The molecular weight excluding hydrogens is 267 g/mol. The summed E-state index contributed by atoms with van der Waals surface area (Å²) < 4.78 is 13.5. The first-order chi connectivity index (χ1) is 9.15. The van der Waals surface area contributed by atoms with Crippen molar-refractivity contribution in [2.24, 2.45) is 0 Å². The predicted octanol–water partition coefficient (Wildman–Crippen LogP) is 4.32. The average Bonchev–Trinajstić information content (AvgIpc) is 2.61. The monoisotopic (exact) mass is 284 g/mol. The van der Waals surface area contributed by atoms with Crippen LogP contribution in [-0.4, -0.2) is 12.1 Å². The lowest BCUT2D eigenvalue weighted by Crippen LogP contribution is -2.37. The second kappa shape index (κ2) is 6.75. The summed E-state index contributed by atoms with van der Waals surface area (Å²) in [6.45, 7) is 0. The number of carbonyl (C=O) groups excluding carboxylic acids is 1. The lowest BCUT2D eigenvalue weighted by molar-refractivity contribution is 0.247. The van der Waals surface area contributed by atoms with Crippen LogP contribution in [0.25, 0.3) is 0 Å². The van der Waals surface area contributed by atoms with Crippen LogP contribution in [0, 0.1) is 5.82 Å². The van der Waals surface area contributed by atoms with Crippen LogP contribution in [0.1, 0.15) is 38.5 Å². The molecule has 0 aliphatic heterocycles. The Labute approximate surface area is 117 Å². The first kappa shape index (κ1) is 14.1. The first-order valence-electron chi connectivity index (χ1n) is 6.68. The van der Waals surface area contributed by atoms with Gasteiger partial charge < -0.3 is 10.6 Å². The molecule has 1 aliphatic rings. The summed E-state index contributed by atoms with van der Waals surface area (Å²) in [5, 5.41) is 5.73. The zero-order valence-corrected chi connectivity index (χ0v) is 11.5. The van der Waals surface area contributed by atoms with Gasteiger partial charge in [-0.25, -0.2) is 9.18 Å². The number of halogens is 2. The van der Waals surface area contributed by atoms with Crippen molar-refractivity contribution in [3.63, 3.8) is 0 Å². The molecule has 1 aliphatic carbocycles. The number of urea groups is 1. The molecule has 0 unspecified atom stereocenters. The number of nitrogens with one attached hydrogen (secondary N) is 2. The quantitative estimate of drug-likeness (QED) is 0.780. The third kappa shape index (κ3) is 4.39. The fraction of sp³-hybridized carbons (Fsp3) is 0.500. The lowest BCUT2D eigenvalue weighted by atomic mass is 10.1. The van der Waals surface area contributed by atoms with Crippen LogP contribution in [0.2, 0.25) is 5.02 Å². The average molecular weight is 285 g/mol. The summed E-state index contributed by atoms with van der Waals surface area (Å²) in [4.78, 5) is 11.8. The Morgan fingerprint density at radius 2 is 1.89 bits per heavy atom. The molecule has 2 rings (SSSR count). The van der Waals surface area contributed by atoms with E-state index < -0.39 is 5.82 Å². The third-order valence-corrected chi connectivity index (χ3v) is 3.60. The zero-order chi connectivity index (χ0) is 13.7. The van der Waals surface area contributed by atoms with Crippen molar-refractivity contribution in [1.82, 2.24) is 5.32 Å². The zero-order valence-electron chi connectivity index (χ0n) is 10.7. The molecule has 0 spiro atoms. The predicted molar refractivity (Wildman–Crippen MR) is 75.1 cm³/mol. The molecule has 0 aromatic heterocycles. The molecule has 3 nitrogen and oxygen atoms in total. The van der Waals surface area contributed by atoms with Gasteiger partial charge in [0.25, 0.3) is 0 Å². The maximum Gasteiger partial charge on any atom is 0.319 e. The molecule has 2 amide bonds. The molecule has 1 fully saturated rings. The van der Waals surface area contributed by atoms with Gasteiger partial charge in [0.1, 0.15) is 5.82 Å². The van der Waals surface area contributed by atoms with Crippen LogP contribution < -0.4 is 10.6 Å². The normalized spacial score (nSPS) is 16.7. The van der Waals surface area contributed by atoms with Gasteiger partial charge in [-0.05, 0) is 31.0 Å². The molecular formula is C14H18ClFN2O. The van der Waals surface area contributed by atoms with Crippen LogP contribution in [0.4, 0.5) is 14.9 Å². The van der Waals surface area contributed by atoms with Crippen LogP contribution in [-0.2, 0) is 0 Å². The minimum Gasteiger partial charge on any atom is -0.335 e. The minimum absolute atomic E-state index is 0.149. The molecule has 2 N–H and O–H groups in total. The fourth-order valence-electron chi connectivity index (χ4n) is 2.36. The third-order valence-electron chi connectivity index (χ3n) is 3.37. The van der Waals surface area contributed by atoms with Gasteiger partial charge in [-0.2, -0.15) is 0 Å². The number of hydrogen-bond acceptors (Lipinski definition) is 1. The van der Waals surface area contributed by atoms with Gasteiger partial charge >= 0.3 is 6.03 Å². The highest BCUT2D eigenvalue weighted by Crippen LogP contribution is 2.20. The van der Waals surface area contributed by atoms with Crippen molar-refractivity contribution in [3.8, 4) is 0 Å². The van der Waals surface area contributed by atoms with Crippen molar-refractivity contribution >= 4 is 23.3 Å². The van der Waals surface area contributed by atoms with E-state index in [1.165, 1.54) is 25.0 Å². The number of amides is 2. The van der Waals surface area contributed by atoms with E-state index >= 15 is 0 Å². The lowest BCUT2D eigenvalue weighted by Gasteiger charge is -2.17. The number of carbonyl (C=O) groups is 1. The Balaban J connectivity index is 1.89. The van der Waals surface area contributed by atoms with Gasteiger partial charge in [-0.3, -0.25) is 0 Å². The van der Waals surface area contributed by atoms with Crippen molar-refractivity contribution in [2.45, 2.75) is 44.6 Å². The molecule has 19 heavy (non-hydrogen) atoms. The van der Waals surface area contributed by atoms with E-state index in [2.05, 4.69) is 10.6 Å². The second-order valence-electron chi connectivity index (χ2n) is 4.91. The molecule has 0 atom stereocenters. The highest BCUT2D eigenvalue weighted by molar-refractivity contribution is 6.30. The van der Waals surface area contributed by atoms with Gasteiger partial charge in [0.15, 0.2) is 0 Å². The van der Waals surface area contributed by atoms with E-state index in [0.717, 1.165) is 25.7 Å². The van der Waals surface area contributed by atoms with Crippen molar-refractivity contribution in [2.75, 3.05) is 5.32 Å². The highest BCUT2D eigenvalue weighted by atomic mass is 35.5. The number of benzene rings is 1. The molecule has 0 heterocycles. The molecule has 104 valence electrons. The SMILES string of the molecule is O=C(Nc1ccc(Cl)cc1F)NC1CCCCCC1. The Morgan fingerprint density at radius 3 is 2.53 bits per heavy atom. The summed E-state index contributed by atoms with van der Waals surface area (Å²) in [5.41, 5.74) is 0.149. The van der Waals surface area contributed by atoms with E-state index in [-0.39, 0.29) is 17.8 Å². The fourth-order valence-corrected chi connectivity index (χ4v) is 2.52. The van der Waals surface area contributed by atoms with Gasteiger partial charge in [0.05, 0.1) is 5.69 Å². The smallest absolute Gasteiger partial charge is 0.319 e. The summed E-state index contributed by atoms with van der Waals surface area (Å²) >= 11 is 5.66. The Morgan fingerprint density at radius 1 is 1.21 bits per heavy atom. The summed E-state index contributed by atoms with van der Waals surface area (Å²) in [6, 6.07) is 4.03. The maximum absolute atomic E-state index is 13.5. The van der Waals surface area contributed by atoms with Crippen LogP contribution in [0.5, 0.6) is 0 Å². The Bertz CT molecular complexity index is 445. The van der Waals surface area contributed by atoms with Crippen LogP contribution >= 0.6 is 11.6 Å². The summed E-state index contributed by atoms with van der Waals surface area (Å²) in [6.07, 6.45) is 6.73. The van der Waals surface area contributed by atoms with Gasteiger partial charge in [-0.15, -0.1) is 0 Å². The topological polar surface area (TPSA) is 41.1 Å². The molecule has 1 aromatic rings. The van der Waals surface area contributed by atoms with E-state index in [4.69, 9.17) is 11.6 Å². The summed E-state index contributed by atoms with van der Waals surface area (Å²) in [7, 11) is 0. The van der Waals surface area contributed by atoms with Crippen molar-refractivity contribution < 1.29 is 9.18 Å². The highest BCUT2D eigenvalue weighted by Gasteiger charge is 2.15. The minimum atomic E-state index is -0.525. The number of hydrogen-bond donors (Lipinski definition) is 2. The van der Waals surface area contributed by atoms with E-state index in [0.29, 0.717) is 5.02 Å². The van der Waals surface area contributed by atoms with E-state index in [9.17, 15) is 9.18 Å². The maximum atomic E-state index is 13.5. The Kier molecular flexibility index (Phi) is 5.02. The number of rotatable bonds is 2. The second-order valence-corrected chi connectivity index (χ2v) is 5.35. The Hall–Kier alpha value is -1.29.